The van der Waals surface area contributed by atoms with Gasteiger partial charge in [-0.05, 0) is 77.2 Å². The molecule has 146 valence electrons. The van der Waals surface area contributed by atoms with Gasteiger partial charge in [0, 0.05) is 29.5 Å². The predicted molar refractivity (Wildman–Crippen MR) is 109 cm³/mol. The Hall–Kier alpha value is -2.04. The summed E-state index contributed by atoms with van der Waals surface area (Å²) in [5, 5.41) is 6.84. The number of carbonyl (C=O) groups excluding carboxylic acids is 1. The molecule has 27 heavy (non-hydrogen) atoms. The van der Waals surface area contributed by atoms with Crippen molar-refractivity contribution in [1.29, 1.82) is 0 Å². The Balaban J connectivity index is 1.57. The van der Waals surface area contributed by atoms with E-state index in [1.807, 2.05) is 16.7 Å². The lowest BCUT2D eigenvalue weighted by Gasteiger charge is -2.27. The molecule has 2 fully saturated rings. The number of carbonyl (C=O) groups is 1. The zero-order valence-electron chi connectivity index (χ0n) is 17.0. The van der Waals surface area contributed by atoms with Crippen LogP contribution in [0.1, 0.15) is 75.3 Å². The summed E-state index contributed by atoms with van der Waals surface area (Å²) < 4.78 is 2.01. The minimum Gasteiger partial charge on any atom is -0.367 e. The summed E-state index contributed by atoms with van der Waals surface area (Å²) in [6.45, 7) is 8.64. The molecule has 0 spiro atoms. The first-order valence-electron chi connectivity index (χ1n) is 10.4. The molecule has 5 nitrogen and oxygen atoms in total. The lowest BCUT2D eigenvalue weighted by Crippen LogP contribution is -2.45. The largest absolute Gasteiger partial charge is 0.367 e. The van der Waals surface area contributed by atoms with Crippen molar-refractivity contribution < 1.29 is 4.79 Å². The highest BCUT2D eigenvalue weighted by atomic mass is 16.1. The molecule has 0 atom stereocenters. The van der Waals surface area contributed by atoms with Gasteiger partial charge in [-0.3, -0.25) is 4.79 Å². The van der Waals surface area contributed by atoms with Crippen LogP contribution < -0.4 is 10.6 Å². The van der Waals surface area contributed by atoms with Crippen LogP contribution in [0.5, 0.6) is 0 Å². The maximum atomic E-state index is 12.9. The number of nitrogens with zero attached hydrogens (tertiary/aromatic N) is 2. The lowest BCUT2D eigenvalue weighted by atomic mass is 9.87. The highest BCUT2D eigenvalue weighted by molar-refractivity contribution is 6.00. The van der Waals surface area contributed by atoms with E-state index in [1.54, 1.807) is 0 Å². The van der Waals surface area contributed by atoms with Gasteiger partial charge in [-0.15, -0.1) is 0 Å². The molecule has 2 N–H and O–H groups in total. The van der Waals surface area contributed by atoms with Gasteiger partial charge in [0.05, 0.1) is 5.56 Å². The van der Waals surface area contributed by atoms with E-state index in [4.69, 9.17) is 4.98 Å². The fourth-order valence-corrected chi connectivity index (χ4v) is 4.37. The molecule has 4 rings (SSSR count). The Labute approximate surface area is 161 Å². The maximum Gasteiger partial charge on any atom is 0.255 e. The highest BCUT2D eigenvalue weighted by Crippen LogP contribution is 2.39. The van der Waals surface area contributed by atoms with E-state index in [0.717, 1.165) is 23.1 Å². The Bertz CT molecular complexity index is 841. The van der Waals surface area contributed by atoms with Crippen LogP contribution in [0.3, 0.4) is 0 Å². The summed E-state index contributed by atoms with van der Waals surface area (Å²) in [6.07, 6.45) is 9.28. The molecule has 0 unspecified atom stereocenters. The number of hydrogen-bond donors (Lipinski definition) is 2. The molecule has 0 saturated heterocycles. The summed E-state index contributed by atoms with van der Waals surface area (Å²) in [4.78, 5) is 17.7. The van der Waals surface area contributed by atoms with Gasteiger partial charge in [-0.1, -0.05) is 6.92 Å². The molecule has 1 amide bonds. The van der Waals surface area contributed by atoms with E-state index in [9.17, 15) is 4.79 Å². The molecule has 2 saturated carbocycles. The van der Waals surface area contributed by atoms with Gasteiger partial charge in [0.2, 0.25) is 0 Å². The summed E-state index contributed by atoms with van der Waals surface area (Å²) >= 11 is 0. The quantitative estimate of drug-likeness (QED) is 0.814. The number of hydrogen-bond acceptors (Lipinski definition) is 3. The van der Waals surface area contributed by atoms with E-state index in [2.05, 4.69) is 44.4 Å². The highest BCUT2D eigenvalue weighted by Gasteiger charge is 2.39. The van der Waals surface area contributed by atoms with Crippen LogP contribution in [0.15, 0.2) is 18.3 Å². The monoisotopic (exact) mass is 368 g/mol. The van der Waals surface area contributed by atoms with Crippen molar-refractivity contribution in [2.24, 2.45) is 11.8 Å². The van der Waals surface area contributed by atoms with Crippen LogP contribution in [0, 0.1) is 18.8 Å². The molecular formula is C22H32N4O. The maximum absolute atomic E-state index is 12.9. The summed E-state index contributed by atoms with van der Waals surface area (Å²) in [5.41, 5.74) is 2.33. The van der Waals surface area contributed by atoms with Gasteiger partial charge in [0.15, 0.2) is 5.65 Å². The zero-order chi connectivity index (χ0) is 19.2. The molecule has 2 aliphatic carbocycles. The van der Waals surface area contributed by atoms with Crippen molar-refractivity contribution in [3.8, 4) is 0 Å². The van der Waals surface area contributed by atoms with Crippen molar-refractivity contribution in [2.45, 2.75) is 77.8 Å². The smallest absolute Gasteiger partial charge is 0.255 e. The van der Waals surface area contributed by atoms with Gasteiger partial charge in [0.25, 0.3) is 5.91 Å². The van der Waals surface area contributed by atoms with E-state index in [0.29, 0.717) is 17.5 Å². The normalized spacial score (nSPS) is 23.4. The second kappa shape index (κ2) is 6.84. The van der Waals surface area contributed by atoms with Crippen molar-refractivity contribution in [3.63, 3.8) is 0 Å². The molecule has 5 heteroatoms. The number of nitrogens with one attached hydrogen (secondary N) is 2. The first-order chi connectivity index (χ1) is 12.8. The molecule has 2 aliphatic rings. The van der Waals surface area contributed by atoms with Crippen molar-refractivity contribution >= 4 is 17.4 Å². The number of aryl methyl sites for hydroxylation is 1. The molecule has 2 aromatic heterocycles. The van der Waals surface area contributed by atoms with Gasteiger partial charge in [0.1, 0.15) is 5.82 Å². The summed E-state index contributed by atoms with van der Waals surface area (Å²) in [7, 11) is 0. The number of anilines is 1. The molecule has 0 aromatic carbocycles. The molecular weight excluding hydrogens is 336 g/mol. The molecule has 2 heterocycles. The van der Waals surface area contributed by atoms with Crippen LogP contribution in [-0.4, -0.2) is 26.9 Å². The Morgan fingerprint density at radius 3 is 2.56 bits per heavy atom. The van der Waals surface area contributed by atoms with Gasteiger partial charge in [-0.2, -0.15) is 0 Å². The minimum absolute atomic E-state index is 0.0232. The number of aromatic nitrogens is 2. The third kappa shape index (κ3) is 3.83. The SMILES string of the molecule is Cc1cc(NC2CCC(C)CC2)nc2c(C(=O)NC(C)(C)C3CC3)ccn12. The minimum atomic E-state index is -0.158. The average Bonchev–Trinajstić information content (AvgIpc) is 3.38. The van der Waals surface area contributed by atoms with E-state index >= 15 is 0 Å². The second-order valence-corrected chi connectivity index (χ2v) is 9.26. The van der Waals surface area contributed by atoms with Crippen molar-refractivity contribution in [1.82, 2.24) is 14.7 Å². The van der Waals surface area contributed by atoms with E-state index in [-0.39, 0.29) is 11.4 Å². The molecule has 0 aliphatic heterocycles. The summed E-state index contributed by atoms with van der Waals surface area (Å²) in [6, 6.07) is 4.46. The molecule has 0 radical (unpaired) electrons. The standard InChI is InChI=1S/C22H32N4O/c1-14-5-9-17(10-6-14)23-19-13-15(2)26-12-11-18(20(26)24-19)21(27)25-22(3,4)16-7-8-16/h11-14,16-17H,5-10H2,1-4H3,(H,23,24)(H,25,27). The van der Waals surface area contributed by atoms with Crippen LogP contribution >= 0.6 is 0 Å². The van der Waals surface area contributed by atoms with Crippen molar-refractivity contribution in [3.05, 3.63) is 29.6 Å². The van der Waals surface area contributed by atoms with E-state index < -0.39 is 0 Å². The van der Waals surface area contributed by atoms with Crippen LogP contribution in [-0.2, 0) is 0 Å². The van der Waals surface area contributed by atoms with Crippen LogP contribution in [0.4, 0.5) is 5.82 Å². The first kappa shape index (κ1) is 18.3. The topological polar surface area (TPSA) is 58.4 Å². The summed E-state index contributed by atoms with van der Waals surface area (Å²) in [5.74, 6) is 2.28. The average molecular weight is 369 g/mol. The number of rotatable bonds is 5. The Morgan fingerprint density at radius 1 is 1.19 bits per heavy atom. The second-order valence-electron chi connectivity index (χ2n) is 9.26. The van der Waals surface area contributed by atoms with E-state index in [1.165, 1.54) is 38.5 Å². The number of amides is 1. The first-order valence-corrected chi connectivity index (χ1v) is 10.4. The van der Waals surface area contributed by atoms with Gasteiger partial charge >= 0.3 is 0 Å². The van der Waals surface area contributed by atoms with Crippen molar-refractivity contribution in [2.75, 3.05) is 5.32 Å². The fraction of sp³-hybridized carbons (Fsp3) is 0.636. The third-order valence-electron chi connectivity index (χ3n) is 6.46. The zero-order valence-corrected chi connectivity index (χ0v) is 17.0. The Kier molecular flexibility index (Phi) is 4.65. The molecule has 0 bridgehead atoms. The predicted octanol–water partition coefficient (Wildman–Crippen LogP) is 4.55. The third-order valence-corrected chi connectivity index (χ3v) is 6.46. The van der Waals surface area contributed by atoms with Crippen LogP contribution in [0.2, 0.25) is 0 Å². The Morgan fingerprint density at radius 2 is 1.89 bits per heavy atom. The lowest BCUT2D eigenvalue weighted by molar-refractivity contribution is 0.0905. The molecule has 2 aromatic rings. The van der Waals surface area contributed by atoms with Crippen LogP contribution in [0.25, 0.3) is 5.65 Å². The van der Waals surface area contributed by atoms with Gasteiger partial charge < -0.3 is 15.0 Å². The number of fused-ring (bicyclic) bond motifs is 1. The van der Waals surface area contributed by atoms with Gasteiger partial charge in [-0.25, -0.2) is 4.98 Å². The fourth-order valence-electron chi connectivity index (χ4n) is 4.37.